The van der Waals surface area contributed by atoms with E-state index in [2.05, 4.69) is 61.2 Å². The van der Waals surface area contributed by atoms with Crippen LogP contribution in [0.2, 0.25) is 0 Å². The Kier molecular flexibility index (Phi) is 2.87. The quantitative estimate of drug-likeness (QED) is 0.279. The van der Waals surface area contributed by atoms with Gasteiger partial charge in [0.25, 0.3) is 0 Å². The van der Waals surface area contributed by atoms with Gasteiger partial charge in [0.1, 0.15) is 0 Å². The first kappa shape index (κ1) is 12.4. The van der Waals surface area contributed by atoms with E-state index in [1.54, 1.807) is 6.08 Å². The summed E-state index contributed by atoms with van der Waals surface area (Å²) < 4.78 is 5.64. The van der Waals surface area contributed by atoms with Gasteiger partial charge in [-0.1, -0.05) is 60.7 Å². The van der Waals surface area contributed by atoms with Crippen molar-refractivity contribution in [1.29, 1.82) is 0 Å². The largest absolute Gasteiger partial charge is 0.373 e. The predicted molar refractivity (Wildman–Crippen MR) is 90.0 cm³/mol. The van der Waals surface area contributed by atoms with E-state index in [0.717, 1.165) is 0 Å². The fourth-order valence-electron chi connectivity index (χ4n) is 3.17. The summed E-state index contributed by atoms with van der Waals surface area (Å²) in [5.41, 5.74) is 1.24. The highest BCUT2D eigenvalue weighted by atomic mass is 16.5. The molecule has 0 bridgehead atoms. The van der Waals surface area contributed by atoms with Gasteiger partial charge in [0.2, 0.25) is 0 Å². The molecular weight excluding hydrogens is 256 g/mol. The molecule has 0 heterocycles. The second-order valence-corrected chi connectivity index (χ2v) is 5.38. The molecule has 21 heavy (non-hydrogen) atoms. The Labute approximate surface area is 123 Å². The van der Waals surface area contributed by atoms with Gasteiger partial charge in [-0.3, -0.25) is 0 Å². The molecule has 4 rings (SSSR count). The van der Waals surface area contributed by atoms with Gasteiger partial charge in [-0.2, -0.15) is 0 Å². The lowest BCUT2D eigenvalue weighted by Crippen LogP contribution is -1.95. The normalized spacial score (nSPS) is 11.6. The topological polar surface area (TPSA) is 9.23 Å². The van der Waals surface area contributed by atoms with Crippen LogP contribution in [0.3, 0.4) is 0 Å². The van der Waals surface area contributed by atoms with Gasteiger partial charge >= 0.3 is 0 Å². The highest BCUT2D eigenvalue weighted by Gasteiger charge is 2.10. The molecule has 0 unspecified atom stereocenters. The van der Waals surface area contributed by atoms with Crippen LogP contribution in [-0.2, 0) is 11.3 Å². The summed E-state index contributed by atoms with van der Waals surface area (Å²) in [5, 5.41) is 7.90. The van der Waals surface area contributed by atoms with Crippen LogP contribution in [0.4, 0.5) is 0 Å². The molecule has 0 saturated heterocycles. The Hall–Kier alpha value is -2.38. The number of rotatable bonds is 4. The van der Waals surface area contributed by atoms with Gasteiger partial charge in [-0.05, 0) is 37.9 Å². The molecule has 0 amide bonds. The molecule has 4 aromatic rings. The monoisotopic (exact) mass is 272 g/mol. The first-order valence-electron chi connectivity index (χ1n) is 7.22. The van der Waals surface area contributed by atoms with Crippen LogP contribution < -0.4 is 0 Å². The van der Waals surface area contributed by atoms with Gasteiger partial charge in [-0.25, -0.2) is 0 Å². The van der Waals surface area contributed by atoms with E-state index in [1.165, 1.54) is 37.9 Å². The summed E-state index contributed by atoms with van der Waals surface area (Å²) in [6.07, 6.45) is 1.79. The summed E-state index contributed by atoms with van der Waals surface area (Å²) >= 11 is 0. The molecule has 0 atom stereocenters. The molecule has 0 aromatic heterocycles. The van der Waals surface area contributed by atoms with Crippen LogP contribution in [-0.4, -0.2) is 6.61 Å². The van der Waals surface area contributed by atoms with Gasteiger partial charge < -0.3 is 4.74 Å². The minimum absolute atomic E-state index is 0.585. The summed E-state index contributed by atoms with van der Waals surface area (Å²) in [5.74, 6) is 0. The lowest BCUT2D eigenvalue weighted by Gasteiger charge is -2.13. The van der Waals surface area contributed by atoms with Crippen LogP contribution in [0.5, 0.6) is 0 Å². The van der Waals surface area contributed by atoms with E-state index < -0.39 is 0 Å². The van der Waals surface area contributed by atoms with Crippen molar-refractivity contribution in [2.45, 2.75) is 6.61 Å². The number of hydrogen-bond acceptors (Lipinski definition) is 1. The van der Waals surface area contributed by atoms with Crippen molar-refractivity contribution in [3.63, 3.8) is 0 Å². The van der Waals surface area contributed by atoms with Crippen LogP contribution >= 0.6 is 0 Å². The highest BCUT2D eigenvalue weighted by molar-refractivity contribution is 6.23. The minimum Gasteiger partial charge on any atom is -0.373 e. The molecule has 0 saturated carbocycles. The van der Waals surface area contributed by atoms with E-state index >= 15 is 0 Å². The zero-order chi connectivity index (χ0) is 14.2. The maximum atomic E-state index is 5.64. The summed E-state index contributed by atoms with van der Waals surface area (Å²) in [6, 6.07) is 19.7. The standard InChI is InChI=1S/C20H16O/c1-2-12-21-13-17-9-8-16-7-6-14-4-3-5-15-10-11-18(17)20(16)19(14)15/h2-11H,1,12-13H2. The van der Waals surface area contributed by atoms with E-state index in [4.69, 9.17) is 4.74 Å². The molecule has 1 heteroatoms. The third kappa shape index (κ3) is 1.90. The Morgan fingerprint density at radius 1 is 0.810 bits per heavy atom. The van der Waals surface area contributed by atoms with Crippen molar-refractivity contribution in [3.05, 3.63) is 72.8 Å². The Morgan fingerprint density at radius 2 is 1.48 bits per heavy atom. The van der Waals surface area contributed by atoms with Crippen molar-refractivity contribution in [1.82, 2.24) is 0 Å². The fourth-order valence-corrected chi connectivity index (χ4v) is 3.17. The molecule has 0 aliphatic carbocycles. The van der Waals surface area contributed by atoms with Crippen LogP contribution in [0.15, 0.2) is 67.3 Å². The summed E-state index contributed by atoms with van der Waals surface area (Å²) in [6.45, 7) is 4.91. The Morgan fingerprint density at radius 3 is 2.24 bits per heavy atom. The minimum atomic E-state index is 0.585. The van der Waals surface area contributed by atoms with Gasteiger partial charge in [0.05, 0.1) is 13.2 Å². The average Bonchev–Trinajstić information content (AvgIpc) is 2.54. The van der Waals surface area contributed by atoms with E-state index in [0.29, 0.717) is 13.2 Å². The van der Waals surface area contributed by atoms with Crippen LogP contribution in [0.1, 0.15) is 5.56 Å². The molecule has 0 spiro atoms. The third-order valence-electron chi connectivity index (χ3n) is 4.11. The van der Waals surface area contributed by atoms with Crippen molar-refractivity contribution in [3.8, 4) is 0 Å². The Balaban J connectivity index is 2.03. The van der Waals surface area contributed by atoms with Gasteiger partial charge in [-0.15, -0.1) is 6.58 Å². The predicted octanol–water partition coefficient (Wildman–Crippen LogP) is 5.29. The summed E-state index contributed by atoms with van der Waals surface area (Å²) in [4.78, 5) is 0. The molecule has 0 aliphatic heterocycles. The van der Waals surface area contributed by atoms with Crippen LogP contribution in [0.25, 0.3) is 32.3 Å². The molecule has 0 N–H and O–H groups in total. The molecule has 0 aliphatic rings. The number of ether oxygens (including phenoxy) is 1. The molecule has 1 nitrogen and oxygen atoms in total. The maximum absolute atomic E-state index is 5.64. The second kappa shape index (κ2) is 4.87. The molecular formula is C20H16O. The SMILES string of the molecule is C=CCOCc1ccc2ccc3cccc4ccc1c2c34. The maximum Gasteiger partial charge on any atom is 0.0727 e. The van der Waals surface area contributed by atoms with E-state index in [9.17, 15) is 0 Å². The molecule has 102 valence electrons. The van der Waals surface area contributed by atoms with Crippen molar-refractivity contribution < 1.29 is 4.74 Å². The number of hydrogen-bond donors (Lipinski definition) is 0. The zero-order valence-electron chi connectivity index (χ0n) is 11.8. The van der Waals surface area contributed by atoms with Crippen molar-refractivity contribution in [2.75, 3.05) is 6.61 Å². The third-order valence-corrected chi connectivity index (χ3v) is 4.11. The lowest BCUT2D eigenvalue weighted by molar-refractivity contribution is 0.150. The number of benzene rings is 4. The smallest absolute Gasteiger partial charge is 0.0727 e. The molecule has 4 aromatic carbocycles. The summed E-state index contributed by atoms with van der Waals surface area (Å²) in [7, 11) is 0. The van der Waals surface area contributed by atoms with Crippen molar-refractivity contribution >= 4 is 32.3 Å². The lowest BCUT2D eigenvalue weighted by atomic mass is 9.92. The average molecular weight is 272 g/mol. The molecule has 0 fully saturated rings. The van der Waals surface area contributed by atoms with E-state index in [-0.39, 0.29) is 0 Å². The first-order chi connectivity index (χ1) is 10.4. The van der Waals surface area contributed by atoms with Crippen molar-refractivity contribution in [2.24, 2.45) is 0 Å². The van der Waals surface area contributed by atoms with Crippen LogP contribution in [0, 0.1) is 0 Å². The second-order valence-electron chi connectivity index (χ2n) is 5.38. The van der Waals surface area contributed by atoms with Gasteiger partial charge in [0, 0.05) is 0 Å². The Bertz CT molecular complexity index is 921. The van der Waals surface area contributed by atoms with Gasteiger partial charge in [0.15, 0.2) is 0 Å². The van der Waals surface area contributed by atoms with E-state index in [1.807, 2.05) is 0 Å². The first-order valence-corrected chi connectivity index (χ1v) is 7.22. The molecule has 0 radical (unpaired) electrons. The zero-order valence-corrected chi connectivity index (χ0v) is 11.8. The fraction of sp³-hybridized carbons (Fsp3) is 0.100. The highest BCUT2D eigenvalue weighted by Crippen LogP contribution is 2.35.